The Balaban J connectivity index is 4.51. The lowest BCUT2D eigenvalue weighted by Gasteiger charge is -2.27. The molecular weight excluding hydrogens is 236 g/mol. The van der Waals surface area contributed by atoms with Crippen LogP contribution in [0, 0.1) is 5.92 Å². The summed E-state index contributed by atoms with van der Waals surface area (Å²) >= 11 is 0. The van der Waals surface area contributed by atoms with Crippen LogP contribution in [0.2, 0.25) is 0 Å². The average molecular weight is 260 g/mol. The Morgan fingerprint density at radius 3 is 1.59 bits per heavy atom. The van der Waals surface area contributed by atoms with Crippen molar-refractivity contribution in [3.05, 3.63) is 25.3 Å². The molecule has 0 radical (unpaired) electrons. The number of rotatable bonds is 11. The number of hydrogen-bond acceptors (Lipinski definition) is 4. The Morgan fingerprint density at radius 1 is 0.882 bits per heavy atom. The summed E-state index contributed by atoms with van der Waals surface area (Å²) in [5.41, 5.74) is 0. The van der Waals surface area contributed by atoms with Gasteiger partial charge in [-0.15, -0.1) is 13.2 Å². The third-order valence-electron chi connectivity index (χ3n) is 2.02. The molecule has 100 valence electrons. The molecule has 0 spiro atoms. The summed E-state index contributed by atoms with van der Waals surface area (Å²) in [7, 11) is -2.99. The van der Waals surface area contributed by atoms with E-state index in [0.29, 0.717) is 26.4 Å². The van der Waals surface area contributed by atoms with E-state index in [4.69, 9.17) is 17.7 Å². The standard InChI is InChI=1S/C12H24O4Si/c1-6-12(7-2)11-16-17(13-8-3,14-9-4)15-10-5/h6-7,12H,1-2,8-11H2,3-5H3. The first-order valence-corrected chi connectivity index (χ1v) is 7.62. The van der Waals surface area contributed by atoms with Crippen LogP contribution in [0.5, 0.6) is 0 Å². The van der Waals surface area contributed by atoms with Gasteiger partial charge < -0.3 is 17.7 Å². The van der Waals surface area contributed by atoms with Gasteiger partial charge in [-0.2, -0.15) is 0 Å². The molecule has 0 N–H and O–H groups in total. The first kappa shape index (κ1) is 16.5. The largest absolute Gasteiger partial charge is 0.679 e. The Kier molecular flexibility index (Phi) is 9.29. The molecule has 0 fully saturated rings. The van der Waals surface area contributed by atoms with Gasteiger partial charge in [-0.25, -0.2) is 0 Å². The monoisotopic (exact) mass is 260 g/mol. The van der Waals surface area contributed by atoms with Gasteiger partial charge in [0.2, 0.25) is 0 Å². The minimum Gasteiger partial charge on any atom is -0.351 e. The Morgan fingerprint density at radius 2 is 1.29 bits per heavy atom. The van der Waals surface area contributed by atoms with E-state index >= 15 is 0 Å². The second kappa shape index (κ2) is 9.56. The molecule has 0 saturated carbocycles. The molecule has 0 saturated heterocycles. The lowest BCUT2D eigenvalue weighted by Crippen LogP contribution is -2.50. The van der Waals surface area contributed by atoms with Crippen LogP contribution in [0.4, 0.5) is 0 Å². The summed E-state index contributed by atoms with van der Waals surface area (Å²) in [6, 6.07) is 0. The van der Waals surface area contributed by atoms with Gasteiger partial charge in [0.05, 0.1) is 6.61 Å². The zero-order valence-electron chi connectivity index (χ0n) is 11.1. The van der Waals surface area contributed by atoms with Gasteiger partial charge in [0.15, 0.2) is 0 Å². The van der Waals surface area contributed by atoms with Gasteiger partial charge in [0.1, 0.15) is 0 Å². The molecule has 0 aliphatic rings. The lowest BCUT2D eigenvalue weighted by molar-refractivity contribution is -0.0297. The summed E-state index contributed by atoms with van der Waals surface area (Å²) in [6.45, 7) is 15.0. The molecular formula is C12H24O4Si. The molecule has 0 amide bonds. The fourth-order valence-corrected chi connectivity index (χ4v) is 3.17. The summed E-state index contributed by atoms with van der Waals surface area (Å²) < 4.78 is 22.4. The highest BCUT2D eigenvalue weighted by atomic mass is 28.4. The SMILES string of the molecule is C=CC(C=C)CO[Si](OCC)(OCC)OCC. The van der Waals surface area contributed by atoms with E-state index in [0.717, 1.165) is 0 Å². The van der Waals surface area contributed by atoms with Gasteiger partial charge in [-0.05, 0) is 20.8 Å². The zero-order valence-corrected chi connectivity index (χ0v) is 12.1. The first-order valence-electron chi connectivity index (χ1n) is 5.98. The van der Waals surface area contributed by atoms with Crippen molar-refractivity contribution >= 4 is 9.05 Å². The Labute approximate surface area is 106 Å². The maximum atomic E-state index is 5.72. The third kappa shape index (κ3) is 6.14. The fourth-order valence-electron chi connectivity index (χ4n) is 1.21. The molecule has 0 bridgehead atoms. The normalized spacial score (nSPS) is 11.8. The topological polar surface area (TPSA) is 36.9 Å². The van der Waals surface area contributed by atoms with Crippen molar-refractivity contribution in [1.82, 2.24) is 0 Å². The van der Waals surface area contributed by atoms with Crippen LogP contribution < -0.4 is 0 Å². The number of hydrogen-bond donors (Lipinski definition) is 0. The summed E-state index contributed by atoms with van der Waals surface area (Å²) in [6.07, 6.45) is 3.55. The van der Waals surface area contributed by atoms with E-state index in [1.165, 1.54) is 0 Å². The molecule has 0 unspecified atom stereocenters. The molecule has 0 rings (SSSR count). The van der Waals surface area contributed by atoms with Crippen LogP contribution in [0.25, 0.3) is 0 Å². The van der Waals surface area contributed by atoms with Crippen molar-refractivity contribution < 1.29 is 17.7 Å². The van der Waals surface area contributed by atoms with E-state index in [-0.39, 0.29) is 5.92 Å². The van der Waals surface area contributed by atoms with Crippen LogP contribution >= 0.6 is 0 Å². The molecule has 5 heteroatoms. The first-order chi connectivity index (χ1) is 8.17. The van der Waals surface area contributed by atoms with Gasteiger partial charge in [0.25, 0.3) is 0 Å². The van der Waals surface area contributed by atoms with Crippen molar-refractivity contribution in [2.45, 2.75) is 20.8 Å². The van der Waals surface area contributed by atoms with Crippen LogP contribution in [0.3, 0.4) is 0 Å². The van der Waals surface area contributed by atoms with Crippen molar-refractivity contribution in [1.29, 1.82) is 0 Å². The van der Waals surface area contributed by atoms with Crippen LogP contribution in [0.1, 0.15) is 20.8 Å². The van der Waals surface area contributed by atoms with E-state index in [1.54, 1.807) is 12.2 Å². The highest BCUT2D eigenvalue weighted by Crippen LogP contribution is 2.14. The van der Waals surface area contributed by atoms with Crippen molar-refractivity contribution in [2.24, 2.45) is 5.92 Å². The highest BCUT2D eigenvalue weighted by molar-refractivity contribution is 6.53. The minimum atomic E-state index is -2.99. The zero-order chi connectivity index (χ0) is 13.1. The highest BCUT2D eigenvalue weighted by Gasteiger charge is 2.45. The van der Waals surface area contributed by atoms with Gasteiger partial charge in [-0.3, -0.25) is 0 Å². The second-order valence-corrected chi connectivity index (χ2v) is 5.40. The van der Waals surface area contributed by atoms with Crippen LogP contribution in [0.15, 0.2) is 25.3 Å². The lowest BCUT2D eigenvalue weighted by atomic mass is 10.2. The van der Waals surface area contributed by atoms with E-state index in [9.17, 15) is 0 Å². The minimum absolute atomic E-state index is 0.0724. The molecule has 0 aromatic carbocycles. The van der Waals surface area contributed by atoms with Gasteiger partial charge >= 0.3 is 9.05 Å². The molecule has 0 aliphatic carbocycles. The maximum Gasteiger partial charge on any atom is 0.679 e. The summed E-state index contributed by atoms with van der Waals surface area (Å²) in [5, 5.41) is 0. The molecule has 0 aromatic rings. The average Bonchev–Trinajstić information content (AvgIpc) is 2.31. The third-order valence-corrected chi connectivity index (χ3v) is 4.47. The quantitative estimate of drug-likeness (QED) is 0.422. The smallest absolute Gasteiger partial charge is 0.351 e. The van der Waals surface area contributed by atoms with Crippen LogP contribution in [-0.4, -0.2) is 35.5 Å². The van der Waals surface area contributed by atoms with E-state index in [2.05, 4.69) is 13.2 Å². The van der Waals surface area contributed by atoms with Crippen molar-refractivity contribution in [3.8, 4) is 0 Å². The second-order valence-electron chi connectivity index (χ2n) is 3.25. The Hall–Kier alpha value is -0.463. The van der Waals surface area contributed by atoms with E-state index in [1.807, 2.05) is 20.8 Å². The van der Waals surface area contributed by atoms with Crippen molar-refractivity contribution in [2.75, 3.05) is 26.4 Å². The summed E-state index contributed by atoms with van der Waals surface area (Å²) in [5.74, 6) is 0.0724. The molecule has 17 heavy (non-hydrogen) atoms. The molecule has 0 aromatic heterocycles. The molecule has 0 aliphatic heterocycles. The van der Waals surface area contributed by atoms with Gasteiger partial charge in [0, 0.05) is 25.7 Å². The predicted octanol–water partition coefficient (Wildman–Crippen LogP) is 2.54. The predicted molar refractivity (Wildman–Crippen MR) is 70.5 cm³/mol. The van der Waals surface area contributed by atoms with Crippen LogP contribution in [-0.2, 0) is 17.7 Å². The molecule has 4 nitrogen and oxygen atoms in total. The molecule has 0 heterocycles. The fraction of sp³-hybridized carbons (Fsp3) is 0.667. The van der Waals surface area contributed by atoms with Crippen molar-refractivity contribution in [3.63, 3.8) is 0 Å². The Bertz CT molecular complexity index is 196. The molecule has 0 atom stereocenters. The van der Waals surface area contributed by atoms with Gasteiger partial charge in [-0.1, -0.05) is 12.2 Å². The maximum absolute atomic E-state index is 5.72. The summed E-state index contributed by atoms with van der Waals surface area (Å²) in [4.78, 5) is 0. The van der Waals surface area contributed by atoms with E-state index < -0.39 is 9.05 Å².